The van der Waals surface area contributed by atoms with Crippen molar-refractivity contribution in [3.8, 4) is 0 Å². The van der Waals surface area contributed by atoms with Crippen molar-refractivity contribution in [2.45, 2.75) is 26.8 Å². The first-order valence-corrected chi connectivity index (χ1v) is 9.68. The second-order valence-corrected chi connectivity index (χ2v) is 7.88. The first-order chi connectivity index (χ1) is 12.2. The van der Waals surface area contributed by atoms with Crippen LogP contribution in [0.4, 0.5) is 20.7 Å². The van der Waals surface area contributed by atoms with Crippen molar-refractivity contribution in [1.29, 1.82) is 0 Å². The zero-order valence-corrected chi connectivity index (χ0v) is 15.6. The van der Waals surface area contributed by atoms with Crippen LogP contribution in [-0.2, 0) is 10.0 Å². The van der Waals surface area contributed by atoms with Crippen molar-refractivity contribution < 1.29 is 17.6 Å². The Labute approximate surface area is 151 Å². The molecule has 2 aromatic rings. The lowest BCUT2D eigenvalue weighted by Gasteiger charge is -2.10. The molecule has 0 saturated heterocycles. The standard InChI is InChI=1S/C16H22FN5O3S/c1-11(2)22-8-6-15(20-22)19-16(23)18-7-9-26(24,25)21-13-5-4-12(3)14(17)10-13/h4-6,8,10-11,21H,7,9H2,1-3H3,(H2,18,19,20,23). The predicted molar refractivity (Wildman–Crippen MR) is 98.2 cm³/mol. The molecule has 0 radical (unpaired) electrons. The Hall–Kier alpha value is -2.62. The van der Waals surface area contributed by atoms with Crippen LogP contribution in [-0.4, -0.2) is 36.5 Å². The zero-order valence-electron chi connectivity index (χ0n) is 14.8. The first kappa shape index (κ1) is 19.7. The Balaban J connectivity index is 1.81. The van der Waals surface area contributed by atoms with Gasteiger partial charge in [-0.1, -0.05) is 6.07 Å². The number of sulfonamides is 1. The number of urea groups is 1. The maximum Gasteiger partial charge on any atom is 0.320 e. The van der Waals surface area contributed by atoms with Crippen molar-refractivity contribution in [2.24, 2.45) is 0 Å². The third kappa shape index (κ3) is 5.73. The number of hydrogen-bond acceptors (Lipinski definition) is 4. The molecular weight excluding hydrogens is 361 g/mol. The van der Waals surface area contributed by atoms with Gasteiger partial charge in [0.1, 0.15) is 5.82 Å². The van der Waals surface area contributed by atoms with E-state index in [-0.39, 0.29) is 24.0 Å². The van der Waals surface area contributed by atoms with Gasteiger partial charge in [0.15, 0.2) is 5.82 Å². The van der Waals surface area contributed by atoms with E-state index in [2.05, 4.69) is 20.5 Å². The molecule has 0 atom stereocenters. The number of aromatic nitrogens is 2. The van der Waals surface area contributed by atoms with E-state index in [0.717, 1.165) is 6.07 Å². The van der Waals surface area contributed by atoms with E-state index in [9.17, 15) is 17.6 Å². The maximum absolute atomic E-state index is 13.5. The Bertz CT molecular complexity index is 880. The normalized spacial score (nSPS) is 11.4. The largest absolute Gasteiger partial charge is 0.337 e. The van der Waals surface area contributed by atoms with Gasteiger partial charge in [-0.25, -0.2) is 17.6 Å². The summed E-state index contributed by atoms with van der Waals surface area (Å²) in [6.45, 7) is 5.38. The Kier molecular flexibility index (Phi) is 6.19. The molecule has 0 bridgehead atoms. The van der Waals surface area contributed by atoms with Crippen LogP contribution in [0.15, 0.2) is 30.5 Å². The van der Waals surface area contributed by atoms with Gasteiger partial charge in [0.25, 0.3) is 0 Å². The monoisotopic (exact) mass is 383 g/mol. The van der Waals surface area contributed by atoms with E-state index >= 15 is 0 Å². The van der Waals surface area contributed by atoms with Gasteiger partial charge >= 0.3 is 6.03 Å². The first-order valence-electron chi connectivity index (χ1n) is 8.03. The number of nitrogens with one attached hydrogen (secondary N) is 3. The molecule has 0 fully saturated rings. The molecule has 2 amide bonds. The summed E-state index contributed by atoms with van der Waals surface area (Å²) in [5, 5.41) is 9.12. The van der Waals surface area contributed by atoms with Gasteiger partial charge < -0.3 is 5.32 Å². The van der Waals surface area contributed by atoms with Gasteiger partial charge in [-0.3, -0.25) is 14.7 Å². The molecule has 2 rings (SSSR count). The second-order valence-electron chi connectivity index (χ2n) is 6.04. The van der Waals surface area contributed by atoms with E-state index in [1.54, 1.807) is 23.9 Å². The molecule has 142 valence electrons. The van der Waals surface area contributed by atoms with Crippen LogP contribution < -0.4 is 15.4 Å². The molecule has 1 heterocycles. The Morgan fingerprint density at radius 1 is 1.31 bits per heavy atom. The smallest absolute Gasteiger partial charge is 0.320 e. The number of rotatable bonds is 7. The molecule has 26 heavy (non-hydrogen) atoms. The summed E-state index contributed by atoms with van der Waals surface area (Å²) in [6.07, 6.45) is 1.73. The Morgan fingerprint density at radius 3 is 2.65 bits per heavy atom. The summed E-state index contributed by atoms with van der Waals surface area (Å²) in [5.74, 6) is -0.480. The van der Waals surface area contributed by atoms with Crippen LogP contribution in [0.25, 0.3) is 0 Å². The SMILES string of the molecule is Cc1ccc(NS(=O)(=O)CCNC(=O)Nc2ccn(C(C)C)n2)cc1F. The molecule has 10 heteroatoms. The minimum Gasteiger partial charge on any atom is -0.337 e. The van der Waals surface area contributed by atoms with Gasteiger partial charge in [0.2, 0.25) is 10.0 Å². The van der Waals surface area contributed by atoms with Crippen LogP contribution in [0.5, 0.6) is 0 Å². The average molecular weight is 383 g/mol. The Morgan fingerprint density at radius 2 is 2.04 bits per heavy atom. The number of hydrogen-bond donors (Lipinski definition) is 3. The van der Waals surface area contributed by atoms with Crippen molar-refractivity contribution in [2.75, 3.05) is 22.3 Å². The lowest BCUT2D eigenvalue weighted by molar-refractivity contribution is 0.252. The summed E-state index contributed by atoms with van der Waals surface area (Å²) in [5.41, 5.74) is 0.558. The van der Waals surface area contributed by atoms with E-state index in [1.807, 2.05) is 13.8 Å². The lowest BCUT2D eigenvalue weighted by atomic mass is 10.2. The highest BCUT2D eigenvalue weighted by Gasteiger charge is 2.13. The fourth-order valence-electron chi connectivity index (χ4n) is 2.04. The predicted octanol–water partition coefficient (Wildman–Crippen LogP) is 2.47. The van der Waals surface area contributed by atoms with Crippen LogP contribution in [0.3, 0.4) is 0 Å². The molecule has 0 aliphatic rings. The van der Waals surface area contributed by atoms with Crippen LogP contribution >= 0.6 is 0 Å². The van der Waals surface area contributed by atoms with E-state index < -0.39 is 21.9 Å². The molecule has 0 spiro atoms. The van der Waals surface area contributed by atoms with Crippen molar-refractivity contribution in [3.05, 3.63) is 41.8 Å². The minimum atomic E-state index is -3.72. The third-order valence-electron chi connectivity index (χ3n) is 3.48. The molecule has 0 unspecified atom stereocenters. The second kappa shape index (κ2) is 8.17. The van der Waals surface area contributed by atoms with Gasteiger partial charge in [-0.2, -0.15) is 5.10 Å². The number of anilines is 2. The quantitative estimate of drug-likeness (QED) is 0.683. The number of benzene rings is 1. The third-order valence-corrected chi connectivity index (χ3v) is 4.77. The minimum absolute atomic E-state index is 0.111. The number of carbonyl (C=O) groups is 1. The molecule has 8 nitrogen and oxygen atoms in total. The van der Waals surface area contributed by atoms with Crippen molar-refractivity contribution >= 4 is 27.6 Å². The highest BCUT2D eigenvalue weighted by molar-refractivity contribution is 7.92. The summed E-state index contributed by atoms with van der Waals surface area (Å²) in [4.78, 5) is 11.8. The number of carbonyl (C=O) groups excluding carboxylic acids is 1. The molecule has 0 aliphatic heterocycles. The van der Waals surface area contributed by atoms with Gasteiger partial charge in [0.05, 0.1) is 11.4 Å². The van der Waals surface area contributed by atoms with Gasteiger partial charge in [-0.05, 0) is 38.5 Å². The van der Waals surface area contributed by atoms with E-state index in [1.165, 1.54) is 12.1 Å². The lowest BCUT2D eigenvalue weighted by Crippen LogP contribution is -2.34. The summed E-state index contributed by atoms with van der Waals surface area (Å²) in [6, 6.07) is 5.31. The number of nitrogens with zero attached hydrogens (tertiary/aromatic N) is 2. The summed E-state index contributed by atoms with van der Waals surface area (Å²) in [7, 11) is -3.72. The highest BCUT2D eigenvalue weighted by Crippen LogP contribution is 2.15. The van der Waals surface area contributed by atoms with Crippen LogP contribution in [0, 0.1) is 12.7 Å². The molecule has 3 N–H and O–H groups in total. The number of aryl methyl sites for hydroxylation is 1. The highest BCUT2D eigenvalue weighted by atomic mass is 32.2. The average Bonchev–Trinajstić information content (AvgIpc) is 2.99. The summed E-state index contributed by atoms with van der Waals surface area (Å²) >= 11 is 0. The topological polar surface area (TPSA) is 105 Å². The van der Waals surface area contributed by atoms with Crippen molar-refractivity contribution in [3.63, 3.8) is 0 Å². The van der Waals surface area contributed by atoms with Gasteiger partial charge in [-0.15, -0.1) is 0 Å². The van der Waals surface area contributed by atoms with Crippen molar-refractivity contribution in [1.82, 2.24) is 15.1 Å². The van der Waals surface area contributed by atoms with Crippen LogP contribution in [0.1, 0.15) is 25.5 Å². The maximum atomic E-state index is 13.5. The van der Waals surface area contributed by atoms with E-state index in [0.29, 0.717) is 11.4 Å². The molecule has 0 aliphatic carbocycles. The molecular formula is C16H22FN5O3S. The summed E-state index contributed by atoms with van der Waals surface area (Å²) < 4.78 is 41.4. The fourth-order valence-corrected chi connectivity index (χ4v) is 3.00. The van der Waals surface area contributed by atoms with Gasteiger partial charge in [0, 0.05) is 24.8 Å². The fraction of sp³-hybridized carbons (Fsp3) is 0.375. The molecule has 1 aromatic carbocycles. The number of amides is 2. The van der Waals surface area contributed by atoms with E-state index in [4.69, 9.17) is 0 Å². The zero-order chi connectivity index (χ0) is 19.3. The molecule has 1 aromatic heterocycles. The number of halogens is 1. The van der Waals surface area contributed by atoms with Crippen LogP contribution in [0.2, 0.25) is 0 Å². The molecule has 0 saturated carbocycles.